The average molecular weight is 339 g/mol. The molecule has 0 saturated heterocycles. The van der Waals surface area contributed by atoms with E-state index in [2.05, 4.69) is 52.9 Å². The van der Waals surface area contributed by atoms with Gasteiger partial charge in [-0.1, -0.05) is 35.0 Å². The van der Waals surface area contributed by atoms with Crippen molar-refractivity contribution in [2.45, 2.75) is 64.6 Å². The second-order valence-electron chi connectivity index (χ2n) is 6.12. The molecule has 0 unspecified atom stereocenters. The molecular formula is C17H27BrN2. The molecule has 0 aliphatic heterocycles. The molecule has 1 aliphatic carbocycles. The van der Waals surface area contributed by atoms with Crippen LogP contribution in [0.15, 0.2) is 22.7 Å². The zero-order chi connectivity index (χ0) is 14.5. The summed E-state index contributed by atoms with van der Waals surface area (Å²) in [5.41, 5.74) is 8.79. The molecule has 2 nitrogen and oxygen atoms in total. The second kappa shape index (κ2) is 7.58. The van der Waals surface area contributed by atoms with Gasteiger partial charge in [0.1, 0.15) is 0 Å². The summed E-state index contributed by atoms with van der Waals surface area (Å²) in [6.45, 7) is 6.70. The van der Waals surface area contributed by atoms with Crippen LogP contribution in [0, 0.1) is 6.92 Å². The van der Waals surface area contributed by atoms with Crippen molar-refractivity contribution in [3.05, 3.63) is 33.8 Å². The Balaban J connectivity index is 2.02. The maximum atomic E-state index is 6.04. The van der Waals surface area contributed by atoms with Gasteiger partial charge in [0.25, 0.3) is 0 Å². The molecule has 0 spiro atoms. The van der Waals surface area contributed by atoms with Crippen LogP contribution in [0.4, 0.5) is 0 Å². The maximum Gasteiger partial charge on any atom is 0.0236 e. The third kappa shape index (κ3) is 4.31. The van der Waals surface area contributed by atoms with Crippen LogP contribution in [-0.4, -0.2) is 23.5 Å². The first-order valence-corrected chi connectivity index (χ1v) is 8.64. The van der Waals surface area contributed by atoms with Crippen molar-refractivity contribution in [2.75, 3.05) is 6.54 Å². The Hall–Kier alpha value is -0.380. The van der Waals surface area contributed by atoms with Crippen LogP contribution >= 0.6 is 15.9 Å². The molecule has 1 aromatic carbocycles. The lowest BCUT2D eigenvalue weighted by Crippen LogP contribution is -2.40. The number of aryl methyl sites for hydroxylation is 1. The van der Waals surface area contributed by atoms with E-state index in [-0.39, 0.29) is 0 Å². The summed E-state index contributed by atoms with van der Waals surface area (Å²) in [6.07, 6.45) is 6.11. The predicted octanol–water partition coefficient (Wildman–Crippen LogP) is 4.24. The molecule has 2 rings (SSSR count). The van der Waals surface area contributed by atoms with Crippen molar-refractivity contribution in [2.24, 2.45) is 5.73 Å². The third-order valence-electron chi connectivity index (χ3n) is 4.38. The predicted molar refractivity (Wildman–Crippen MR) is 89.8 cm³/mol. The zero-order valence-electron chi connectivity index (χ0n) is 12.7. The van der Waals surface area contributed by atoms with Gasteiger partial charge in [-0.2, -0.15) is 0 Å². The standard InChI is InChI=1S/C17H27BrN2/c1-3-10-20(16-7-5-15(19)6-8-16)12-14-4-9-17(18)13(2)11-14/h4,9,11,15-16H,3,5-8,10,12,19H2,1-2H3. The van der Waals surface area contributed by atoms with E-state index in [1.165, 1.54) is 54.2 Å². The van der Waals surface area contributed by atoms with Crippen LogP contribution in [0.2, 0.25) is 0 Å². The number of benzene rings is 1. The van der Waals surface area contributed by atoms with Crippen molar-refractivity contribution in [1.29, 1.82) is 0 Å². The smallest absolute Gasteiger partial charge is 0.0236 e. The molecule has 112 valence electrons. The first-order chi connectivity index (χ1) is 9.60. The van der Waals surface area contributed by atoms with E-state index in [4.69, 9.17) is 5.73 Å². The number of nitrogens with two attached hydrogens (primary N) is 1. The minimum Gasteiger partial charge on any atom is -0.328 e. The molecule has 0 bridgehead atoms. The summed E-state index contributed by atoms with van der Waals surface area (Å²) < 4.78 is 1.20. The molecule has 0 radical (unpaired) electrons. The van der Waals surface area contributed by atoms with Gasteiger partial charge in [0.05, 0.1) is 0 Å². The van der Waals surface area contributed by atoms with E-state index in [0.29, 0.717) is 6.04 Å². The number of halogens is 1. The molecular weight excluding hydrogens is 312 g/mol. The molecule has 2 N–H and O–H groups in total. The summed E-state index contributed by atoms with van der Waals surface area (Å²) in [7, 11) is 0. The molecule has 0 heterocycles. The van der Waals surface area contributed by atoms with Gasteiger partial charge in [0.2, 0.25) is 0 Å². The molecule has 20 heavy (non-hydrogen) atoms. The van der Waals surface area contributed by atoms with Gasteiger partial charge in [0, 0.05) is 23.1 Å². The zero-order valence-corrected chi connectivity index (χ0v) is 14.3. The van der Waals surface area contributed by atoms with Crippen LogP contribution in [0.5, 0.6) is 0 Å². The Morgan fingerprint density at radius 1 is 1.25 bits per heavy atom. The van der Waals surface area contributed by atoms with E-state index < -0.39 is 0 Å². The summed E-state index contributed by atoms with van der Waals surface area (Å²) >= 11 is 3.58. The number of hydrogen-bond acceptors (Lipinski definition) is 2. The monoisotopic (exact) mass is 338 g/mol. The quantitative estimate of drug-likeness (QED) is 0.869. The minimum atomic E-state index is 0.435. The van der Waals surface area contributed by atoms with Gasteiger partial charge >= 0.3 is 0 Å². The molecule has 1 fully saturated rings. The highest BCUT2D eigenvalue weighted by molar-refractivity contribution is 9.10. The highest BCUT2D eigenvalue weighted by Gasteiger charge is 2.23. The molecule has 1 saturated carbocycles. The van der Waals surface area contributed by atoms with Crippen molar-refractivity contribution in [3.8, 4) is 0 Å². The van der Waals surface area contributed by atoms with Crippen LogP contribution < -0.4 is 5.73 Å². The van der Waals surface area contributed by atoms with Gasteiger partial charge in [0.15, 0.2) is 0 Å². The van der Waals surface area contributed by atoms with Crippen molar-refractivity contribution in [1.82, 2.24) is 4.90 Å². The van der Waals surface area contributed by atoms with Crippen LogP contribution in [0.3, 0.4) is 0 Å². The van der Waals surface area contributed by atoms with Crippen LogP contribution in [0.25, 0.3) is 0 Å². The number of nitrogens with zero attached hydrogens (tertiary/aromatic N) is 1. The second-order valence-corrected chi connectivity index (χ2v) is 6.98. The van der Waals surface area contributed by atoms with E-state index in [0.717, 1.165) is 12.6 Å². The van der Waals surface area contributed by atoms with Gasteiger partial charge in [-0.25, -0.2) is 0 Å². The average Bonchev–Trinajstić information content (AvgIpc) is 2.43. The highest BCUT2D eigenvalue weighted by atomic mass is 79.9. The normalized spacial score (nSPS) is 23.2. The van der Waals surface area contributed by atoms with Crippen molar-refractivity contribution < 1.29 is 0 Å². The molecule has 0 aromatic heterocycles. The lowest BCUT2D eigenvalue weighted by atomic mass is 9.90. The Morgan fingerprint density at radius 3 is 2.55 bits per heavy atom. The van der Waals surface area contributed by atoms with E-state index in [1.54, 1.807) is 0 Å². The van der Waals surface area contributed by atoms with Gasteiger partial charge < -0.3 is 5.73 Å². The highest BCUT2D eigenvalue weighted by Crippen LogP contribution is 2.25. The molecule has 0 amide bonds. The fraction of sp³-hybridized carbons (Fsp3) is 0.647. The maximum absolute atomic E-state index is 6.04. The fourth-order valence-corrected chi connectivity index (χ4v) is 3.43. The lowest BCUT2D eigenvalue weighted by Gasteiger charge is -2.36. The van der Waals surface area contributed by atoms with Gasteiger partial charge in [-0.3, -0.25) is 4.90 Å². The SMILES string of the molecule is CCCN(Cc1ccc(Br)c(C)c1)C1CCC(N)CC1. The molecule has 1 aliphatic rings. The Kier molecular flexibility index (Phi) is 6.06. The Morgan fingerprint density at radius 2 is 1.95 bits per heavy atom. The number of hydrogen-bond donors (Lipinski definition) is 1. The van der Waals surface area contributed by atoms with E-state index in [9.17, 15) is 0 Å². The van der Waals surface area contributed by atoms with E-state index in [1.807, 2.05) is 0 Å². The first-order valence-electron chi connectivity index (χ1n) is 7.84. The fourth-order valence-electron chi connectivity index (χ4n) is 3.18. The summed E-state index contributed by atoms with van der Waals surface area (Å²) in [5, 5.41) is 0. The lowest BCUT2D eigenvalue weighted by molar-refractivity contribution is 0.142. The van der Waals surface area contributed by atoms with Crippen LogP contribution in [0.1, 0.15) is 50.2 Å². The summed E-state index contributed by atoms with van der Waals surface area (Å²) in [6, 6.07) is 7.88. The van der Waals surface area contributed by atoms with Crippen LogP contribution in [-0.2, 0) is 6.54 Å². The van der Waals surface area contributed by atoms with Crippen molar-refractivity contribution in [3.63, 3.8) is 0 Å². The van der Waals surface area contributed by atoms with Crippen molar-refractivity contribution >= 4 is 15.9 Å². The largest absolute Gasteiger partial charge is 0.328 e. The molecule has 3 heteroatoms. The number of rotatable bonds is 5. The summed E-state index contributed by atoms with van der Waals surface area (Å²) in [5.74, 6) is 0. The Bertz CT molecular complexity index is 425. The first kappa shape index (κ1) is 16.0. The molecule has 0 atom stereocenters. The van der Waals surface area contributed by atoms with Gasteiger partial charge in [-0.15, -0.1) is 0 Å². The van der Waals surface area contributed by atoms with E-state index >= 15 is 0 Å². The minimum absolute atomic E-state index is 0.435. The topological polar surface area (TPSA) is 29.3 Å². The Labute approximate surface area is 131 Å². The van der Waals surface area contributed by atoms with Gasteiger partial charge in [-0.05, 0) is 62.8 Å². The summed E-state index contributed by atoms with van der Waals surface area (Å²) in [4.78, 5) is 2.66. The third-order valence-corrected chi connectivity index (χ3v) is 5.27. The molecule has 1 aromatic rings.